The number of methoxy groups -OCH3 is 1. The van der Waals surface area contributed by atoms with Gasteiger partial charge in [-0.1, -0.05) is 6.07 Å². The first-order chi connectivity index (χ1) is 8.90. The molecule has 0 aliphatic rings. The van der Waals surface area contributed by atoms with Crippen LogP contribution in [-0.4, -0.2) is 38.2 Å². The molecule has 0 spiro atoms. The highest BCUT2D eigenvalue weighted by molar-refractivity contribution is 5.49. The van der Waals surface area contributed by atoms with Crippen LogP contribution in [-0.2, 0) is 6.54 Å². The summed E-state index contributed by atoms with van der Waals surface area (Å²) in [6, 6.07) is 2.23. The highest BCUT2D eigenvalue weighted by atomic mass is 16.5. The number of likely N-dealkylation sites (N-methyl/N-ethyl adjacent to an activating group) is 1. The third-order valence-corrected chi connectivity index (χ3v) is 3.60. The van der Waals surface area contributed by atoms with E-state index in [-0.39, 0.29) is 6.04 Å². The summed E-state index contributed by atoms with van der Waals surface area (Å²) in [6.45, 7) is 8.45. The number of ether oxygens (including phenoxy) is 1. The molecule has 4 nitrogen and oxygen atoms in total. The fourth-order valence-electron chi connectivity index (χ4n) is 2.39. The van der Waals surface area contributed by atoms with Gasteiger partial charge in [0.05, 0.1) is 7.11 Å². The van der Waals surface area contributed by atoms with Crippen LogP contribution in [0.2, 0.25) is 0 Å². The normalized spacial score (nSPS) is 12.8. The number of nitrogens with zero attached hydrogens (tertiary/aromatic N) is 1. The predicted octanol–water partition coefficient (Wildman–Crippen LogP) is 1.34. The van der Waals surface area contributed by atoms with Crippen LogP contribution >= 0.6 is 0 Å². The van der Waals surface area contributed by atoms with E-state index >= 15 is 0 Å². The highest BCUT2D eigenvalue weighted by Crippen LogP contribution is 2.30. The molecule has 108 valence electrons. The van der Waals surface area contributed by atoms with Gasteiger partial charge in [-0.3, -0.25) is 0 Å². The van der Waals surface area contributed by atoms with E-state index in [1.54, 1.807) is 7.11 Å². The van der Waals surface area contributed by atoms with Crippen molar-refractivity contribution in [1.29, 1.82) is 0 Å². The molecule has 0 bridgehead atoms. The van der Waals surface area contributed by atoms with Gasteiger partial charge >= 0.3 is 0 Å². The van der Waals surface area contributed by atoms with E-state index < -0.39 is 0 Å². The van der Waals surface area contributed by atoms with Gasteiger partial charge in [-0.2, -0.15) is 0 Å². The van der Waals surface area contributed by atoms with Gasteiger partial charge in [-0.25, -0.2) is 0 Å². The molecule has 0 heterocycles. The fraction of sp³-hybridized carbons (Fsp3) is 0.600. The van der Waals surface area contributed by atoms with Crippen LogP contribution in [0.3, 0.4) is 0 Å². The van der Waals surface area contributed by atoms with E-state index in [9.17, 15) is 0 Å². The molecule has 1 rings (SSSR count). The second-order valence-electron chi connectivity index (χ2n) is 5.34. The molecule has 0 fully saturated rings. The van der Waals surface area contributed by atoms with Gasteiger partial charge in [0.15, 0.2) is 0 Å². The SMILES string of the molecule is COc1c(C)c(C)cc(C)c1CN(C)CC(N)CN. The van der Waals surface area contributed by atoms with Crippen molar-refractivity contribution >= 4 is 0 Å². The Hall–Kier alpha value is -1.10. The van der Waals surface area contributed by atoms with Gasteiger partial charge in [0.25, 0.3) is 0 Å². The Morgan fingerprint density at radius 3 is 2.42 bits per heavy atom. The highest BCUT2D eigenvalue weighted by Gasteiger charge is 2.15. The van der Waals surface area contributed by atoms with Crippen molar-refractivity contribution in [3.05, 3.63) is 28.3 Å². The first kappa shape index (κ1) is 16.0. The van der Waals surface area contributed by atoms with Crippen molar-refractivity contribution < 1.29 is 4.74 Å². The van der Waals surface area contributed by atoms with Gasteiger partial charge in [-0.15, -0.1) is 0 Å². The number of hydrogen-bond donors (Lipinski definition) is 2. The molecular weight excluding hydrogens is 238 g/mol. The summed E-state index contributed by atoms with van der Waals surface area (Å²) in [5, 5.41) is 0. The standard InChI is InChI=1S/C15H27N3O/c1-10-6-11(2)14(15(19-5)12(10)3)9-18(4)8-13(17)7-16/h6,13H,7-9,16-17H2,1-5H3. The van der Waals surface area contributed by atoms with Crippen molar-refractivity contribution in [2.75, 3.05) is 27.2 Å². The van der Waals surface area contributed by atoms with Crippen molar-refractivity contribution in [2.24, 2.45) is 11.5 Å². The van der Waals surface area contributed by atoms with Crippen LogP contribution in [0.5, 0.6) is 5.75 Å². The Balaban J connectivity index is 2.97. The zero-order valence-corrected chi connectivity index (χ0v) is 12.8. The Morgan fingerprint density at radius 2 is 1.89 bits per heavy atom. The maximum absolute atomic E-state index is 5.89. The molecule has 4 heteroatoms. The molecule has 0 radical (unpaired) electrons. The lowest BCUT2D eigenvalue weighted by molar-refractivity contribution is 0.297. The quantitative estimate of drug-likeness (QED) is 0.814. The molecule has 0 saturated carbocycles. The average molecular weight is 265 g/mol. The molecule has 0 amide bonds. The first-order valence-corrected chi connectivity index (χ1v) is 6.68. The molecule has 1 aromatic carbocycles. The molecule has 0 aliphatic heterocycles. The summed E-state index contributed by atoms with van der Waals surface area (Å²) in [7, 11) is 3.79. The molecule has 4 N–H and O–H groups in total. The van der Waals surface area contributed by atoms with Gasteiger partial charge in [0, 0.05) is 31.2 Å². The topological polar surface area (TPSA) is 64.5 Å². The first-order valence-electron chi connectivity index (χ1n) is 6.68. The van der Waals surface area contributed by atoms with Crippen molar-refractivity contribution in [3.8, 4) is 5.75 Å². The van der Waals surface area contributed by atoms with Crippen molar-refractivity contribution in [2.45, 2.75) is 33.4 Å². The molecule has 19 heavy (non-hydrogen) atoms. The van der Waals surface area contributed by atoms with Gasteiger partial charge in [0.2, 0.25) is 0 Å². The Kier molecular flexibility index (Phi) is 5.79. The molecule has 0 aliphatic carbocycles. The molecular formula is C15H27N3O. The van der Waals surface area contributed by atoms with E-state index in [1.807, 2.05) is 0 Å². The summed E-state index contributed by atoms with van der Waals surface area (Å²) in [5.74, 6) is 0.991. The lowest BCUT2D eigenvalue weighted by Crippen LogP contribution is -2.40. The van der Waals surface area contributed by atoms with E-state index in [1.165, 1.54) is 22.3 Å². The minimum Gasteiger partial charge on any atom is -0.496 e. The van der Waals surface area contributed by atoms with Crippen LogP contribution in [0, 0.1) is 20.8 Å². The second kappa shape index (κ2) is 6.89. The van der Waals surface area contributed by atoms with E-state index in [2.05, 4.69) is 38.8 Å². The number of benzene rings is 1. The number of rotatable bonds is 6. The van der Waals surface area contributed by atoms with Gasteiger partial charge in [0.1, 0.15) is 5.75 Å². The molecule has 0 aromatic heterocycles. The Morgan fingerprint density at radius 1 is 1.26 bits per heavy atom. The van der Waals surface area contributed by atoms with Crippen LogP contribution in [0.4, 0.5) is 0 Å². The monoisotopic (exact) mass is 265 g/mol. The summed E-state index contributed by atoms with van der Waals surface area (Å²) in [4.78, 5) is 2.19. The molecule has 1 atom stereocenters. The van der Waals surface area contributed by atoms with Crippen LogP contribution in [0.25, 0.3) is 0 Å². The number of aryl methyl sites for hydroxylation is 2. The number of hydrogen-bond acceptors (Lipinski definition) is 4. The largest absolute Gasteiger partial charge is 0.496 e. The lowest BCUT2D eigenvalue weighted by Gasteiger charge is -2.24. The Labute approximate surface area is 116 Å². The molecule has 1 aromatic rings. The second-order valence-corrected chi connectivity index (χ2v) is 5.34. The van der Waals surface area contributed by atoms with Crippen LogP contribution < -0.4 is 16.2 Å². The average Bonchev–Trinajstić information content (AvgIpc) is 2.36. The van der Waals surface area contributed by atoms with Crippen LogP contribution in [0.15, 0.2) is 6.07 Å². The molecule has 0 saturated heterocycles. The smallest absolute Gasteiger partial charge is 0.126 e. The van der Waals surface area contributed by atoms with Crippen molar-refractivity contribution in [1.82, 2.24) is 4.90 Å². The number of nitrogens with two attached hydrogens (primary N) is 2. The summed E-state index contributed by atoms with van der Waals surface area (Å²) < 4.78 is 5.59. The van der Waals surface area contributed by atoms with Gasteiger partial charge in [-0.05, 0) is 44.5 Å². The third-order valence-electron chi connectivity index (χ3n) is 3.60. The van der Waals surface area contributed by atoms with Gasteiger partial charge < -0.3 is 21.1 Å². The third kappa shape index (κ3) is 3.93. The lowest BCUT2D eigenvalue weighted by atomic mass is 9.98. The minimum absolute atomic E-state index is 0.0165. The maximum atomic E-state index is 5.89. The Bertz CT molecular complexity index is 432. The molecule has 1 unspecified atom stereocenters. The zero-order chi connectivity index (χ0) is 14.6. The minimum atomic E-state index is 0.0165. The maximum Gasteiger partial charge on any atom is 0.126 e. The van der Waals surface area contributed by atoms with E-state index in [0.29, 0.717) is 6.54 Å². The predicted molar refractivity (Wildman–Crippen MR) is 80.6 cm³/mol. The van der Waals surface area contributed by atoms with E-state index in [0.717, 1.165) is 18.8 Å². The summed E-state index contributed by atoms with van der Waals surface area (Å²) >= 11 is 0. The summed E-state index contributed by atoms with van der Waals surface area (Å²) in [6.07, 6.45) is 0. The van der Waals surface area contributed by atoms with Crippen LogP contribution in [0.1, 0.15) is 22.3 Å². The summed E-state index contributed by atoms with van der Waals surface area (Å²) in [5.41, 5.74) is 16.4. The van der Waals surface area contributed by atoms with Crippen molar-refractivity contribution in [3.63, 3.8) is 0 Å². The fourth-order valence-corrected chi connectivity index (χ4v) is 2.39. The van der Waals surface area contributed by atoms with E-state index in [4.69, 9.17) is 16.2 Å². The zero-order valence-electron chi connectivity index (χ0n) is 12.8.